The number of aromatic amines is 1. The SMILES string of the molecule is CCN(C)c1nsc(=O)[nH]1. The lowest BCUT2D eigenvalue weighted by atomic mass is 10.6. The number of hydrogen-bond acceptors (Lipinski definition) is 4. The van der Waals surface area contributed by atoms with E-state index in [0.29, 0.717) is 5.95 Å². The van der Waals surface area contributed by atoms with Crippen molar-refractivity contribution in [3.63, 3.8) is 0 Å². The van der Waals surface area contributed by atoms with Crippen LogP contribution >= 0.6 is 11.5 Å². The topological polar surface area (TPSA) is 49.0 Å². The van der Waals surface area contributed by atoms with Crippen molar-refractivity contribution in [3.8, 4) is 0 Å². The summed E-state index contributed by atoms with van der Waals surface area (Å²) in [5, 5.41) is 0. The van der Waals surface area contributed by atoms with Crippen molar-refractivity contribution in [2.24, 2.45) is 0 Å². The average Bonchev–Trinajstić information content (AvgIpc) is 2.34. The second-order valence-corrected chi connectivity index (χ2v) is 2.67. The van der Waals surface area contributed by atoms with Gasteiger partial charge in [-0.1, -0.05) is 0 Å². The van der Waals surface area contributed by atoms with Gasteiger partial charge in [0.15, 0.2) is 0 Å². The first-order valence-electron chi connectivity index (χ1n) is 3.01. The van der Waals surface area contributed by atoms with Crippen LogP contribution in [-0.4, -0.2) is 22.9 Å². The molecule has 0 spiro atoms. The first kappa shape index (κ1) is 7.27. The molecule has 1 rings (SSSR count). The summed E-state index contributed by atoms with van der Waals surface area (Å²) in [6, 6.07) is 0. The summed E-state index contributed by atoms with van der Waals surface area (Å²) in [7, 11) is 1.88. The van der Waals surface area contributed by atoms with Crippen LogP contribution in [0.2, 0.25) is 0 Å². The fourth-order valence-corrected chi connectivity index (χ4v) is 1.03. The monoisotopic (exact) mass is 159 g/mol. The van der Waals surface area contributed by atoms with Crippen LogP contribution in [0.1, 0.15) is 6.92 Å². The fraction of sp³-hybridized carbons (Fsp3) is 0.600. The minimum Gasteiger partial charge on any atom is -0.345 e. The fourth-order valence-electron chi connectivity index (χ4n) is 0.537. The Morgan fingerprint density at radius 3 is 2.90 bits per heavy atom. The van der Waals surface area contributed by atoms with Crippen LogP contribution in [0.4, 0.5) is 5.95 Å². The molecule has 0 saturated heterocycles. The lowest BCUT2D eigenvalue weighted by molar-refractivity contribution is 0.920. The number of hydrogen-bond donors (Lipinski definition) is 1. The van der Waals surface area contributed by atoms with Crippen molar-refractivity contribution in [1.29, 1.82) is 0 Å². The zero-order valence-corrected chi connectivity index (χ0v) is 6.73. The highest BCUT2D eigenvalue weighted by Gasteiger charge is 2.00. The predicted molar refractivity (Wildman–Crippen MR) is 41.7 cm³/mol. The van der Waals surface area contributed by atoms with Crippen molar-refractivity contribution in [2.75, 3.05) is 18.5 Å². The molecule has 0 bridgehead atoms. The summed E-state index contributed by atoms with van der Waals surface area (Å²) < 4.78 is 3.89. The van der Waals surface area contributed by atoms with E-state index >= 15 is 0 Å². The molecule has 1 aromatic rings. The molecule has 0 unspecified atom stereocenters. The quantitative estimate of drug-likeness (QED) is 0.674. The van der Waals surface area contributed by atoms with E-state index in [9.17, 15) is 4.79 Å². The molecule has 1 heterocycles. The molecule has 0 aliphatic rings. The Morgan fingerprint density at radius 1 is 1.80 bits per heavy atom. The molecule has 0 atom stereocenters. The number of anilines is 1. The van der Waals surface area contributed by atoms with Crippen LogP contribution in [0.5, 0.6) is 0 Å². The molecule has 4 nitrogen and oxygen atoms in total. The molecule has 0 saturated carbocycles. The molecular weight excluding hydrogens is 150 g/mol. The molecule has 1 N–H and O–H groups in total. The maximum Gasteiger partial charge on any atom is 0.325 e. The normalized spacial score (nSPS) is 9.80. The van der Waals surface area contributed by atoms with E-state index in [-0.39, 0.29) is 4.87 Å². The molecule has 5 heteroatoms. The van der Waals surface area contributed by atoms with Crippen molar-refractivity contribution >= 4 is 17.5 Å². The lowest BCUT2D eigenvalue weighted by Crippen LogP contribution is -2.17. The smallest absolute Gasteiger partial charge is 0.325 e. The predicted octanol–water partition coefficient (Wildman–Crippen LogP) is 0.287. The van der Waals surface area contributed by atoms with Gasteiger partial charge in [0.25, 0.3) is 0 Å². The number of H-pyrrole nitrogens is 1. The van der Waals surface area contributed by atoms with Crippen LogP contribution < -0.4 is 9.77 Å². The van der Waals surface area contributed by atoms with Crippen LogP contribution in [0.15, 0.2) is 4.79 Å². The van der Waals surface area contributed by atoms with Gasteiger partial charge < -0.3 is 4.90 Å². The summed E-state index contributed by atoms with van der Waals surface area (Å²) in [6.07, 6.45) is 0. The Balaban J connectivity index is 2.84. The van der Waals surface area contributed by atoms with E-state index < -0.39 is 0 Å². The van der Waals surface area contributed by atoms with Gasteiger partial charge in [-0.25, -0.2) is 0 Å². The second kappa shape index (κ2) is 2.83. The number of aromatic nitrogens is 2. The van der Waals surface area contributed by atoms with Gasteiger partial charge in [-0.15, -0.1) is 0 Å². The maximum absolute atomic E-state index is 10.6. The molecule has 0 aliphatic carbocycles. The van der Waals surface area contributed by atoms with Crippen LogP contribution in [0.3, 0.4) is 0 Å². The average molecular weight is 159 g/mol. The Labute approximate surface area is 62.7 Å². The highest BCUT2D eigenvalue weighted by Crippen LogP contribution is 2.00. The largest absolute Gasteiger partial charge is 0.345 e. The van der Waals surface area contributed by atoms with Crippen LogP contribution in [0.25, 0.3) is 0 Å². The summed E-state index contributed by atoms with van der Waals surface area (Å²) in [5.41, 5.74) is 0. The minimum atomic E-state index is -0.102. The van der Waals surface area contributed by atoms with Gasteiger partial charge in [-0.05, 0) is 6.92 Å². The maximum atomic E-state index is 10.6. The van der Waals surface area contributed by atoms with E-state index in [4.69, 9.17) is 0 Å². The van der Waals surface area contributed by atoms with E-state index in [2.05, 4.69) is 9.36 Å². The van der Waals surface area contributed by atoms with Crippen molar-refractivity contribution in [3.05, 3.63) is 9.67 Å². The third kappa shape index (κ3) is 1.36. The first-order chi connectivity index (χ1) is 4.74. The molecule has 10 heavy (non-hydrogen) atoms. The third-order valence-corrected chi connectivity index (χ3v) is 1.80. The molecule has 1 aromatic heterocycles. The van der Waals surface area contributed by atoms with Crippen LogP contribution in [-0.2, 0) is 0 Å². The van der Waals surface area contributed by atoms with E-state index in [0.717, 1.165) is 18.1 Å². The zero-order valence-electron chi connectivity index (χ0n) is 5.92. The van der Waals surface area contributed by atoms with Gasteiger partial charge in [0.2, 0.25) is 5.95 Å². The third-order valence-electron chi connectivity index (χ3n) is 1.26. The zero-order chi connectivity index (χ0) is 7.56. The second-order valence-electron chi connectivity index (χ2n) is 1.93. The lowest BCUT2D eigenvalue weighted by Gasteiger charge is -2.10. The summed E-state index contributed by atoms with van der Waals surface area (Å²) in [5.74, 6) is 0.650. The molecule has 56 valence electrons. The van der Waals surface area contributed by atoms with E-state index in [1.165, 1.54) is 0 Å². The summed E-state index contributed by atoms with van der Waals surface area (Å²) in [4.78, 5) is 15.0. The van der Waals surface area contributed by atoms with Crippen molar-refractivity contribution < 1.29 is 0 Å². The Kier molecular flexibility index (Phi) is 2.06. The van der Waals surface area contributed by atoms with E-state index in [1.54, 1.807) is 0 Å². The number of nitrogens with one attached hydrogen (secondary N) is 1. The minimum absolute atomic E-state index is 0.102. The van der Waals surface area contributed by atoms with E-state index in [1.807, 2.05) is 18.9 Å². The Hall–Kier alpha value is -0.840. The van der Waals surface area contributed by atoms with Gasteiger partial charge >= 0.3 is 4.87 Å². The molecule has 0 aromatic carbocycles. The molecule has 0 radical (unpaired) electrons. The van der Waals surface area contributed by atoms with Gasteiger partial charge in [-0.2, -0.15) is 4.37 Å². The van der Waals surface area contributed by atoms with Gasteiger partial charge in [-0.3, -0.25) is 9.78 Å². The van der Waals surface area contributed by atoms with Gasteiger partial charge in [0, 0.05) is 25.1 Å². The summed E-state index contributed by atoms with van der Waals surface area (Å²) in [6.45, 7) is 2.84. The number of rotatable bonds is 2. The van der Waals surface area contributed by atoms with Gasteiger partial charge in [0.05, 0.1) is 0 Å². The highest BCUT2D eigenvalue weighted by molar-refractivity contribution is 7.03. The molecule has 0 fully saturated rings. The first-order valence-corrected chi connectivity index (χ1v) is 3.78. The van der Waals surface area contributed by atoms with Gasteiger partial charge in [0.1, 0.15) is 0 Å². The standard InChI is InChI=1S/C5H9N3OS/c1-3-8(2)4-6-5(9)10-7-4/h3H2,1-2H3,(H,6,7,9). The van der Waals surface area contributed by atoms with Crippen molar-refractivity contribution in [1.82, 2.24) is 9.36 Å². The Morgan fingerprint density at radius 2 is 2.50 bits per heavy atom. The van der Waals surface area contributed by atoms with Crippen LogP contribution in [0, 0.1) is 0 Å². The van der Waals surface area contributed by atoms with Crippen molar-refractivity contribution in [2.45, 2.75) is 6.92 Å². The molecule has 0 amide bonds. The Bertz CT molecular complexity index is 253. The number of nitrogens with zero attached hydrogens (tertiary/aromatic N) is 2. The molecule has 0 aliphatic heterocycles. The summed E-state index contributed by atoms with van der Waals surface area (Å²) >= 11 is 0.945. The highest BCUT2D eigenvalue weighted by atomic mass is 32.1. The molecular formula is C5H9N3OS.